The number of carbonyl (C=O) groups is 1. The lowest BCUT2D eigenvalue weighted by atomic mass is 10.3. The van der Waals surface area contributed by atoms with Crippen LogP contribution in [0.15, 0.2) is 36.4 Å². The predicted molar refractivity (Wildman–Crippen MR) is 117 cm³/mol. The molecule has 0 bridgehead atoms. The monoisotopic (exact) mass is 419 g/mol. The molecule has 1 fully saturated rings. The highest BCUT2D eigenvalue weighted by Crippen LogP contribution is 2.30. The second-order valence-electron chi connectivity index (χ2n) is 6.86. The Morgan fingerprint density at radius 1 is 1.25 bits per heavy atom. The molecule has 0 atom stereocenters. The van der Waals surface area contributed by atoms with Gasteiger partial charge in [0.05, 0.1) is 16.3 Å². The van der Waals surface area contributed by atoms with E-state index in [4.69, 9.17) is 0 Å². The largest absolute Gasteiger partial charge is 0.351 e. The number of aromatic nitrogens is 2. The molecule has 3 aromatic rings. The minimum atomic E-state index is 0. The molecule has 1 aliphatic heterocycles. The van der Waals surface area contributed by atoms with Crippen LogP contribution in [0, 0.1) is 6.92 Å². The van der Waals surface area contributed by atoms with Gasteiger partial charge >= 0.3 is 0 Å². The molecular weight excluding hydrogens is 394 g/mol. The molecule has 2 N–H and O–H groups in total. The highest BCUT2D eigenvalue weighted by atomic mass is 35.5. The average molecular weight is 420 g/mol. The highest BCUT2D eigenvalue weighted by molar-refractivity contribution is 7.20. The van der Waals surface area contributed by atoms with Crippen LogP contribution in [0.4, 0.5) is 0 Å². The van der Waals surface area contributed by atoms with Gasteiger partial charge in [0.1, 0.15) is 4.83 Å². The van der Waals surface area contributed by atoms with Gasteiger partial charge in [-0.15, -0.1) is 23.7 Å². The van der Waals surface area contributed by atoms with E-state index in [2.05, 4.69) is 20.6 Å². The number of fused-ring (bicyclic) bond motifs is 1. The number of amides is 1. The van der Waals surface area contributed by atoms with E-state index >= 15 is 0 Å². The fourth-order valence-corrected chi connectivity index (χ4v) is 4.53. The normalized spacial score (nSPS) is 14.8. The van der Waals surface area contributed by atoms with Gasteiger partial charge < -0.3 is 15.5 Å². The van der Waals surface area contributed by atoms with Gasteiger partial charge in [-0.3, -0.25) is 4.79 Å². The Morgan fingerprint density at radius 2 is 2.00 bits per heavy atom. The topological polar surface area (TPSA) is 62.2 Å². The van der Waals surface area contributed by atoms with Gasteiger partial charge in [-0.25, -0.2) is 4.68 Å². The van der Waals surface area contributed by atoms with Gasteiger partial charge in [0.25, 0.3) is 5.91 Å². The molecule has 2 aromatic heterocycles. The van der Waals surface area contributed by atoms with E-state index in [0.717, 1.165) is 65.6 Å². The van der Waals surface area contributed by atoms with E-state index in [1.165, 1.54) is 11.3 Å². The van der Waals surface area contributed by atoms with Crippen molar-refractivity contribution in [3.63, 3.8) is 0 Å². The maximum Gasteiger partial charge on any atom is 0.261 e. The van der Waals surface area contributed by atoms with Crippen LogP contribution < -0.4 is 10.6 Å². The van der Waals surface area contributed by atoms with Gasteiger partial charge in [0.2, 0.25) is 0 Å². The van der Waals surface area contributed by atoms with Crippen molar-refractivity contribution in [3.05, 3.63) is 47.0 Å². The zero-order valence-electron chi connectivity index (χ0n) is 16.0. The van der Waals surface area contributed by atoms with Crippen molar-refractivity contribution in [2.75, 3.05) is 39.3 Å². The first-order valence-electron chi connectivity index (χ1n) is 9.48. The van der Waals surface area contributed by atoms with Crippen LogP contribution in [-0.2, 0) is 0 Å². The first-order valence-corrected chi connectivity index (χ1v) is 10.3. The fourth-order valence-electron chi connectivity index (χ4n) is 3.43. The van der Waals surface area contributed by atoms with E-state index in [1.54, 1.807) is 0 Å². The van der Waals surface area contributed by atoms with Crippen molar-refractivity contribution in [1.82, 2.24) is 25.3 Å². The molecule has 0 saturated carbocycles. The molecule has 6 nitrogen and oxygen atoms in total. The molecule has 28 heavy (non-hydrogen) atoms. The van der Waals surface area contributed by atoms with Crippen molar-refractivity contribution >= 4 is 39.9 Å². The fraction of sp³-hybridized carbons (Fsp3) is 0.400. The number of thiophene rings is 1. The minimum Gasteiger partial charge on any atom is -0.351 e. The van der Waals surface area contributed by atoms with Crippen LogP contribution in [0.2, 0.25) is 0 Å². The lowest BCUT2D eigenvalue weighted by molar-refractivity contribution is 0.0955. The summed E-state index contributed by atoms with van der Waals surface area (Å²) in [5.41, 5.74) is 1.96. The number of nitrogens with one attached hydrogen (secondary N) is 2. The molecule has 150 valence electrons. The van der Waals surface area contributed by atoms with E-state index in [-0.39, 0.29) is 18.3 Å². The summed E-state index contributed by atoms with van der Waals surface area (Å²) in [5, 5.41) is 12.1. The number of hydrogen-bond donors (Lipinski definition) is 2. The van der Waals surface area contributed by atoms with Gasteiger partial charge in [0.15, 0.2) is 0 Å². The summed E-state index contributed by atoms with van der Waals surface area (Å²) in [7, 11) is 0. The van der Waals surface area contributed by atoms with E-state index in [0.29, 0.717) is 6.54 Å². The number of halogens is 1. The third kappa shape index (κ3) is 4.55. The predicted octanol–water partition coefficient (Wildman–Crippen LogP) is 2.84. The molecule has 1 amide bonds. The molecule has 0 radical (unpaired) electrons. The molecule has 4 rings (SSSR count). The van der Waals surface area contributed by atoms with Crippen LogP contribution in [0.5, 0.6) is 0 Å². The zero-order valence-corrected chi connectivity index (χ0v) is 17.6. The van der Waals surface area contributed by atoms with Crippen molar-refractivity contribution < 1.29 is 4.79 Å². The average Bonchev–Trinajstić information content (AvgIpc) is 3.27. The van der Waals surface area contributed by atoms with Crippen LogP contribution in [0.3, 0.4) is 0 Å². The summed E-state index contributed by atoms with van der Waals surface area (Å²) in [4.78, 5) is 16.8. The molecule has 3 heterocycles. The Hall–Kier alpha value is -1.93. The lowest BCUT2D eigenvalue weighted by Gasteiger charge is -2.27. The van der Waals surface area contributed by atoms with Crippen LogP contribution >= 0.6 is 23.7 Å². The smallest absolute Gasteiger partial charge is 0.261 e. The van der Waals surface area contributed by atoms with Gasteiger partial charge in [0, 0.05) is 38.1 Å². The Bertz CT molecular complexity index is 917. The second kappa shape index (κ2) is 9.52. The zero-order chi connectivity index (χ0) is 18.6. The number of para-hydroxylation sites is 1. The van der Waals surface area contributed by atoms with Crippen molar-refractivity contribution in [2.24, 2.45) is 0 Å². The number of hydrogen-bond acceptors (Lipinski definition) is 5. The van der Waals surface area contributed by atoms with Gasteiger partial charge in [-0.1, -0.05) is 18.2 Å². The SMILES string of the molecule is Cc1nn(-c2ccccc2)c2sc(C(=O)NCCCN3CCNCC3)cc12.Cl. The number of benzene rings is 1. The Kier molecular flexibility index (Phi) is 7.07. The maximum atomic E-state index is 12.6. The van der Waals surface area contributed by atoms with Crippen molar-refractivity contribution in [1.29, 1.82) is 0 Å². The number of carbonyl (C=O) groups excluding carboxylic acids is 1. The van der Waals surface area contributed by atoms with E-state index < -0.39 is 0 Å². The molecule has 0 aliphatic carbocycles. The number of piperazine rings is 1. The third-order valence-electron chi connectivity index (χ3n) is 4.92. The van der Waals surface area contributed by atoms with E-state index in [1.807, 2.05) is 48.0 Å². The minimum absolute atomic E-state index is 0. The maximum absolute atomic E-state index is 12.6. The first kappa shape index (κ1) is 20.8. The van der Waals surface area contributed by atoms with E-state index in [9.17, 15) is 4.79 Å². The summed E-state index contributed by atoms with van der Waals surface area (Å²) in [5.74, 6) is 0.00974. The summed E-state index contributed by atoms with van der Waals surface area (Å²) < 4.78 is 1.93. The van der Waals surface area contributed by atoms with Crippen LogP contribution in [0.25, 0.3) is 15.9 Å². The Labute approximate surface area is 175 Å². The number of aryl methyl sites for hydroxylation is 1. The highest BCUT2D eigenvalue weighted by Gasteiger charge is 2.17. The second-order valence-corrected chi connectivity index (χ2v) is 7.89. The lowest BCUT2D eigenvalue weighted by Crippen LogP contribution is -2.44. The van der Waals surface area contributed by atoms with Gasteiger partial charge in [-0.2, -0.15) is 5.10 Å². The molecule has 1 aromatic carbocycles. The summed E-state index contributed by atoms with van der Waals surface area (Å²) >= 11 is 1.50. The number of rotatable bonds is 6. The van der Waals surface area contributed by atoms with Crippen molar-refractivity contribution in [2.45, 2.75) is 13.3 Å². The number of nitrogens with zero attached hydrogens (tertiary/aromatic N) is 3. The summed E-state index contributed by atoms with van der Waals surface area (Å²) in [6, 6.07) is 12.0. The molecule has 0 spiro atoms. The summed E-state index contributed by atoms with van der Waals surface area (Å²) in [6.07, 6.45) is 0.980. The molecule has 1 saturated heterocycles. The third-order valence-corrected chi connectivity index (χ3v) is 6.02. The first-order chi connectivity index (χ1) is 13.2. The molecule has 1 aliphatic rings. The standard InChI is InChI=1S/C20H25N5OS.ClH/c1-15-17-14-18(19(26)22-8-5-11-24-12-9-21-10-13-24)27-20(17)25(23-15)16-6-3-2-4-7-16;/h2-4,6-7,14,21H,5,8-13H2,1H3,(H,22,26);1H. The van der Waals surface area contributed by atoms with Crippen molar-refractivity contribution in [3.8, 4) is 5.69 Å². The van der Waals surface area contributed by atoms with Crippen LogP contribution in [-0.4, -0.2) is 59.9 Å². The molecular formula is C20H26ClN5OS. The molecule has 0 unspecified atom stereocenters. The Morgan fingerprint density at radius 3 is 2.75 bits per heavy atom. The quantitative estimate of drug-likeness (QED) is 0.603. The molecule has 8 heteroatoms. The van der Waals surface area contributed by atoms with Crippen LogP contribution in [0.1, 0.15) is 21.8 Å². The summed E-state index contributed by atoms with van der Waals surface area (Å²) in [6.45, 7) is 8.05. The Balaban J connectivity index is 0.00000225. The van der Waals surface area contributed by atoms with Gasteiger partial charge in [-0.05, 0) is 38.1 Å².